The quantitative estimate of drug-likeness (QED) is 0.813. The number of amides is 2. The van der Waals surface area contributed by atoms with Crippen LogP contribution in [0.4, 0.5) is 4.79 Å². The highest BCUT2D eigenvalue weighted by atomic mass is 16.6. The van der Waals surface area contributed by atoms with E-state index in [2.05, 4.69) is 10.6 Å². The molecule has 0 saturated carbocycles. The lowest BCUT2D eigenvalue weighted by atomic mass is 10.0. The average Bonchev–Trinajstić information content (AvgIpc) is 2.62. The van der Waals surface area contributed by atoms with Crippen LogP contribution in [0, 0.1) is 0 Å². The summed E-state index contributed by atoms with van der Waals surface area (Å²) >= 11 is 0. The molecular weight excluding hydrogens is 316 g/mol. The van der Waals surface area contributed by atoms with Crippen molar-refractivity contribution in [2.45, 2.75) is 38.8 Å². The van der Waals surface area contributed by atoms with Gasteiger partial charge in [0.25, 0.3) is 0 Å². The summed E-state index contributed by atoms with van der Waals surface area (Å²) in [6.45, 7) is 3.92. The molecule has 2 rings (SSSR count). The van der Waals surface area contributed by atoms with Gasteiger partial charge in [0.05, 0.1) is 0 Å². The Balaban J connectivity index is 2.04. The van der Waals surface area contributed by atoms with Crippen molar-refractivity contribution < 1.29 is 14.3 Å². The standard InChI is InChI=1S/C20H24N2O3/c1-3-15(2)21-19(23)18(14-16-10-6-4-7-11-16)22-20(24)25-17-12-8-5-9-13-17/h4-13,15,18H,3,14H2,1-2H3,(H,21,23)(H,22,24)/t15-,18-/m0/s1. The van der Waals surface area contributed by atoms with Crippen LogP contribution in [0.15, 0.2) is 60.7 Å². The summed E-state index contributed by atoms with van der Waals surface area (Å²) < 4.78 is 5.23. The Labute approximate surface area is 148 Å². The minimum atomic E-state index is -0.701. The minimum absolute atomic E-state index is 0.0396. The molecule has 0 bridgehead atoms. The summed E-state index contributed by atoms with van der Waals surface area (Å²) in [6.07, 6.45) is 0.567. The van der Waals surface area contributed by atoms with Gasteiger partial charge in [-0.15, -0.1) is 0 Å². The van der Waals surface area contributed by atoms with Crippen LogP contribution in [-0.4, -0.2) is 24.1 Å². The zero-order valence-electron chi connectivity index (χ0n) is 14.6. The zero-order valence-corrected chi connectivity index (χ0v) is 14.6. The van der Waals surface area contributed by atoms with Gasteiger partial charge in [-0.2, -0.15) is 0 Å². The van der Waals surface area contributed by atoms with Gasteiger partial charge in [-0.3, -0.25) is 4.79 Å². The molecule has 0 heterocycles. The molecule has 2 atom stereocenters. The lowest BCUT2D eigenvalue weighted by Crippen LogP contribution is -2.50. The van der Waals surface area contributed by atoms with Gasteiger partial charge in [0.2, 0.25) is 5.91 Å². The third kappa shape index (κ3) is 6.30. The Morgan fingerprint density at radius 2 is 1.56 bits per heavy atom. The Morgan fingerprint density at radius 1 is 0.960 bits per heavy atom. The smallest absolute Gasteiger partial charge is 0.410 e. The Kier molecular flexibility index (Phi) is 7.01. The number of rotatable bonds is 7. The first-order valence-corrected chi connectivity index (χ1v) is 8.46. The molecule has 0 aliphatic carbocycles. The first kappa shape index (κ1) is 18.5. The first-order valence-electron chi connectivity index (χ1n) is 8.46. The third-order valence-electron chi connectivity index (χ3n) is 3.85. The SMILES string of the molecule is CC[C@H](C)NC(=O)[C@H](Cc1ccccc1)NC(=O)Oc1ccccc1. The molecule has 5 nitrogen and oxygen atoms in total. The lowest BCUT2D eigenvalue weighted by Gasteiger charge is -2.20. The summed E-state index contributed by atoms with van der Waals surface area (Å²) in [5.74, 6) is 0.212. The molecule has 0 fully saturated rings. The number of carbonyl (C=O) groups is 2. The van der Waals surface area contributed by atoms with Crippen molar-refractivity contribution in [3.63, 3.8) is 0 Å². The molecule has 2 aromatic rings. The molecule has 0 aliphatic rings. The monoisotopic (exact) mass is 340 g/mol. The lowest BCUT2D eigenvalue weighted by molar-refractivity contribution is -0.123. The zero-order chi connectivity index (χ0) is 18.1. The van der Waals surface area contributed by atoms with Gasteiger partial charge in [0.1, 0.15) is 11.8 Å². The second-order valence-corrected chi connectivity index (χ2v) is 5.91. The first-order chi connectivity index (χ1) is 12.1. The number of nitrogens with one attached hydrogen (secondary N) is 2. The van der Waals surface area contributed by atoms with Gasteiger partial charge in [-0.1, -0.05) is 55.5 Å². The molecule has 25 heavy (non-hydrogen) atoms. The van der Waals surface area contributed by atoms with E-state index < -0.39 is 12.1 Å². The molecule has 2 N–H and O–H groups in total. The molecule has 0 aliphatic heterocycles. The van der Waals surface area contributed by atoms with Crippen molar-refractivity contribution in [3.05, 3.63) is 66.2 Å². The van der Waals surface area contributed by atoms with Crippen LogP contribution >= 0.6 is 0 Å². The summed E-state index contributed by atoms with van der Waals surface area (Å²) in [4.78, 5) is 24.7. The molecule has 0 radical (unpaired) electrons. The van der Waals surface area contributed by atoms with Crippen LogP contribution in [0.1, 0.15) is 25.8 Å². The predicted octanol–water partition coefficient (Wildman–Crippen LogP) is 3.30. The van der Waals surface area contributed by atoms with Gasteiger partial charge in [0, 0.05) is 12.5 Å². The average molecular weight is 340 g/mol. The van der Waals surface area contributed by atoms with Crippen LogP contribution in [0.3, 0.4) is 0 Å². The molecule has 132 valence electrons. The largest absolute Gasteiger partial charge is 0.413 e. The van der Waals surface area contributed by atoms with Crippen molar-refractivity contribution in [1.29, 1.82) is 0 Å². The topological polar surface area (TPSA) is 67.4 Å². The molecule has 0 unspecified atom stereocenters. The van der Waals surface area contributed by atoms with Crippen LogP contribution in [0.5, 0.6) is 5.75 Å². The highest BCUT2D eigenvalue weighted by Crippen LogP contribution is 2.09. The predicted molar refractivity (Wildman–Crippen MR) is 97.4 cm³/mol. The van der Waals surface area contributed by atoms with E-state index in [1.807, 2.05) is 50.2 Å². The van der Waals surface area contributed by atoms with Crippen molar-refractivity contribution in [3.8, 4) is 5.75 Å². The maximum atomic E-state index is 12.5. The van der Waals surface area contributed by atoms with Gasteiger partial charge >= 0.3 is 6.09 Å². The second-order valence-electron chi connectivity index (χ2n) is 5.91. The van der Waals surface area contributed by atoms with Crippen molar-refractivity contribution >= 4 is 12.0 Å². The third-order valence-corrected chi connectivity index (χ3v) is 3.85. The number of hydrogen-bond donors (Lipinski definition) is 2. The van der Waals surface area contributed by atoms with E-state index in [4.69, 9.17) is 4.74 Å². The fourth-order valence-corrected chi connectivity index (χ4v) is 2.27. The van der Waals surface area contributed by atoms with Crippen molar-refractivity contribution in [2.75, 3.05) is 0 Å². The van der Waals surface area contributed by atoms with E-state index in [1.165, 1.54) is 0 Å². The molecule has 2 aromatic carbocycles. The van der Waals surface area contributed by atoms with E-state index in [9.17, 15) is 9.59 Å². The maximum absolute atomic E-state index is 12.5. The second kappa shape index (κ2) is 9.47. The summed E-state index contributed by atoms with van der Waals surface area (Å²) in [7, 11) is 0. The highest BCUT2D eigenvalue weighted by Gasteiger charge is 2.23. The molecule has 0 aromatic heterocycles. The number of para-hydroxylation sites is 1. The number of benzene rings is 2. The molecule has 0 saturated heterocycles. The van der Waals surface area contributed by atoms with E-state index in [0.29, 0.717) is 12.2 Å². The van der Waals surface area contributed by atoms with Gasteiger partial charge in [0.15, 0.2) is 0 Å². The molecule has 5 heteroatoms. The molecular formula is C20H24N2O3. The van der Waals surface area contributed by atoms with Crippen LogP contribution < -0.4 is 15.4 Å². The molecule has 0 spiro atoms. The number of hydrogen-bond acceptors (Lipinski definition) is 3. The Morgan fingerprint density at radius 3 is 2.16 bits per heavy atom. The van der Waals surface area contributed by atoms with E-state index in [1.54, 1.807) is 24.3 Å². The van der Waals surface area contributed by atoms with Gasteiger partial charge < -0.3 is 15.4 Å². The molecule has 2 amide bonds. The van der Waals surface area contributed by atoms with E-state index in [0.717, 1.165) is 12.0 Å². The fraction of sp³-hybridized carbons (Fsp3) is 0.300. The van der Waals surface area contributed by atoms with Crippen LogP contribution in [0.25, 0.3) is 0 Å². The highest BCUT2D eigenvalue weighted by molar-refractivity contribution is 5.86. The van der Waals surface area contributed by atoms with E-state index in [-0.39, 0.29) is 11.9 Å². The minimum Gasteiger partial charge on any atom is -0.410 e. The van der Waals surface area contributed by atoms with Crippen LogP contribution in [-0.2, 0) is 11.2 Å². The van der Waals surface area contributed by atoms with Gasteiger partial charge in [-0.05, 0) is 31.0 Å². The maximum Gasteiger partial charge on any atom is 0.413 e. The summed E-state index contributed by atoms with van der Waals surface area (Å²) in [6, 6.07) is 17.7. The Hall–Kier alpha value is -2.82. The van der Waals surface area contributed by atoms with E-state index >= 15 is 0 Å². The van der Waals surface area contributed by atoms with Crippen LogP contribution in [0.2, 0.25) is 0 Å². The normalized spacial score (nSPS) is 12.7. The van der Waals surface area contributed by atoms with Gasteiger partial charge in [-0.25, -0.2) is 4.79 Å². The fourth-order valence-electron chi connectivity index (χ4n) is 2.27. The van der Waals surface area contributed by atoms with Crippen molar-refractivity contribution in [1.82, 2.24) is 10.6 Å². The Bertz CT molecular complexity index is 674. The summed E-state index contributed by atoms with van der Waals surface area (Å²) in [5.41, 5.74) is 0.965. The summed E-state index contributed by atoms with van der Waals surface area (Å²) in [5, 5.41) is 5.58. The van der Waals surface area contributed by atoms with Crippen molar-refractivity contribution in [2.24, 2.45) is 0 Å². The number of ether oxygens (including phenoxy) is 1. The number of carbonyl (C=O) groups excluding carboxylic acids is 2.